The topological polar surface area (TPSA) is 57.5 Å². The second-order valence-corrected chi connectivity index (χ2v) is 8.35. The van der Waals surface area contributed by atoms with Crippen LogP contribution in [0.25, 0.3) is 10.9 Å². The van der Waals surface area contributed by atoms with Crippen LogP contribution in [0.3, 0.4) is 0 Å². The lowest BCUT2D eigenvalue weighted by Crippen LogP contribution is -2.19. The highest BCUT2D eigenvalue weighted by Gasteiger charge is 2.20. The van der Waals surface area contributed by atoms with Crippen LogP contribution in [0, 0.1) is 0 Å². The third-order valence-corrected chi connectivity index (χ3v) is 5.15. The quantitative estimate of drug-likeness (QED) is 0.519. The molecule has 0 bridgehead atoms. The first-order valence-electron chi connectivity index (χ1n) is 8.87. The zero-order valence-corrected chi connectivity index (χ0v) is 17.9. The summed E-state index contributed by atoms with van der Waals surface area (Å²) in [6.45, 7) is 6.24. The highest BCUT2D eigenvalue weighted by molar-refractivity contribution is 9.10. The van der Waals surface area contributed by atoms with Gasteiger partial charge in [-0.1, -0.05) is 45.0 Å². The molecule has 3 aromatic rings. The van der Waals surface area contributed by atoms with Gasteiger partial charge >= 0.3 is 5.97 Å². The first-order chi connectivity index (χ1) is 13.2. The van der Waals surface area contributed by atoms with Gasteiger partial charge in [0.05, 0.1) is 22.7 Å². The smallest absolute Gasteiger partial charge is 0.340 e. The van der Waals surface area contributed by atoms with E-state index in [1.165, 1.54) is 17.9 Å². The van der Waals surface area contributed by atoms with Crippen molar-refractivity contribution in [2.24, 2.45) is 0 Å². The number of rotatable bonds is 4. The van der Waals surface area contributed by atoms with E-state index in [1.807, 2.05) is 30.3 Å². The first kappa shape index (κ1) is 20.1. The fourth-order valence-corrected chi connectivity index (χ4v) is 3.45. The summed E-state index contributed by atoms with van der Waals surface area (Å²) in [5.74, 6) is -0.173. The predicted molar refractivity (Wildman–Crippen MR) is 112 cm³/mol. The van der Waals surface area contributed by atoms with Crippen molar-refractivity contribution < 1.29 is 19.1 Å². The summed E-state index contributed by atoms with van der Waals surface area (Å²) in [6, 6.07) is 13.0. The lowest BCUT2D eigenvalue weighted by atomic mass is 9.87. The molecule has 0 N–H and O–H groups in total. The van der Waals surface area contributed by atoms with E-state index in [-0.39, 0.29) is 17.9 Å². The molecule has 0 spiro atoms. The van der Waals surface area contributed by atoms with Gasteiger partial charge in [-0.25, -0.2) is 4.79 Å². The number of ether oxygens (including phenoxy) is 2. The molecule has 0 atom stereocenters. The number of hydrogen-bond acceptors (Lipinski definition) is 4. The molecule has 3 rings (SSSR count). The molecule has 0 radical (unpaired) electrons. The van der Waals surface area contributed by atoms with E-state index in [4.69, 9.17) is 9.47 Å². The van der Waals surface area contributed by atoms with Crippen LogP contribution in [0.4, 0.5) is 0 Å². The third-order valence-electron chi connectivity index (χ3n) is 4.54. The standard InChI is InChI=1S/C22H22BrNO4/c1-22(2,3)14-9-10-19(17(23)11-14)28-13-20(25)24-12-16(21(26)27-4)15-7-5-6-8-18(15)24/h5-12H,13H2,1-4H3. The SMILES string of the molecule is COC(=O)c1cn(C(=O)COc2ccc(C(C)(C)C)cc2Br)c2ccccc12. The Kier molecular flexibility index (Phi) is 5.61. The van der Waals surface area contributed by atoms with Gasteiger partial charge < -0.3 is 9.47 Å². The number of para-hydroxylation sites is 1. The second kappa shape index (κ2) is 7.80. The Morgan fingerprint density at radius 3 is 2.46 bits per heavy atom. The van der Waals surface area contributed by atoms with E-state index >= 15 is 0 Å². The summed E-state index contributed by atoms with van der Waals surface area (Å²) in [5, 5.41) is 0.665. The molecule has 0 amide bonds. The van der Waals surface area contributed by atoms with E-state index in [9.17, 15) is 9.59 Å². The highest BCUT2D eigenvalue weighted by atomic mass is 79.9. The largest absolute Gasteiger partial charge is 0.483 e. The molecular formula is C22H22BrNO4. The minimum Gasteiger partial charge on any atom is -0.483 e. The fourth-order valence-electron chi connectivity index (χ4n) is 2.95. The van der Waals surface area contributed by atoms with Gasteiger partial charge in [-0.2, -0.15) is 0 Å². The Hall–Kier alpha value is -2.60. The van der Waals surface area contributed by atoms with Crippen molar-refractivity contribution in [2.45, 2.75) is 26.2 Å². The van der Waals surface area contributed by atoms with Crippen molar-refractivity contribution in [2.75, 3.05) is 13.7 Å². The monoisotopic (exact) mass is 443 g/mol. The highest BCUT2D eigenvalue weighted by Crippen LogP contribution is 2.31. The van der Waals surface area contributed by atoms with Crippen molar-refractivity contribution in [3.63, 3.8) is 0 Å². The van der Waals surface area contributed by atoms with Gasteiger partial charge in [0.15, 0.2) is 6.61 Å². The first-order valence-corrected chi connectivity index (χ1v) is 9.66. The van der Waals surface area contributed by atoms with Crippen LogP contribution in [0.2, 0.25) is 0 Å². The number of aromatic nitrogens is 1. The van der Waals surface area contributed by atoms with Crippen molar-refractivity contribution in [3.8, 4) is 5.75 Å². The molecule has 2 aromatic carbocycles. The number of esters is 1. The molecule has 1 heterocycles. The normalized spacial score (nSPS) is 11.5. The summed E-state index contributed by atoms with van der Waals surface area (Å²) in [7, 11) is 1.32. The molecule has 6 heteroatoms. The van der Waals surface area contributed by atoms with Crippen LogP contribution in [0.15, 0.2) is 53.1 Å². The van der Waals surface area contributed by atoms with E-state index in [0.29, 0.717) is 22.2 Å². The van der Waals surface area contributed by atoms with Gasteiger partial charge in [-0.05, 0) is 45.1 Å². The third kappa shape index (κ3) is 3.97. The molecule has 0 fully saturated rings. The summed E-state index contributed by atoms with van der Waals surface area (Å²) < 4.78 is 12.8. The van der Waals surface area contributed by atoms with Crippen molar-refractivity contribution in [3.05, 3.63) is 64.3 Å². The summed E-state index contributed by atoms with van der Waals surface area (Å²) in [6.07, 6.45) is 1.50. The van der Waals surface area contributed by atoms with E-state index < -0.39 is 5.97 Å². The molecule has 28 heavy (non-hydrogen) atoms. The van der Waals surface area contributed by atoms with Crippen molar-refractivity contribution in [1.29, 1.82) is 0 Å². The zero-order valence-electron chi connectivity index (χ0n) is 16.3. The van der Waals surface area contributed by atoms with Crippen LogP contribution in [0.1, 0.15) is 41.5 Å². The van der Waals surface area contributed by atoms with Gasteiger partial charge in [-0.3, -0.25) is 9.36 Å². The van der Waals surface area contributed by atoms with Gasteiger partial charge in [0.1, 0.15) is 5.75 Å². The average molecular weight is 444 g/mol. The average Bonchev–Trinajstić information content (AvgIpc) is 3.05. The number of nitrogens with zero attached hydrogens (tertiary/aromatic N) is 1. The summed E-state index contributed by atoms with van der Waals surface area (Å²) in [5.41, 5.74) is 2.17. The molecule has 0 saturated heterocycles. The number of carbonyl (C=O) groups is 2. The Bertz CT molecular complexity index is 1050. The van der Waals surface area contributed by atoms with Crippen LogP contribution in [-0.2, 0) is 10.2 Å². The van der Waals surface area contributed by atoms with Crippen molar-refractivity contribution >= 4 is 38.7 Å². The van der Waals surface area contributed by atoms with E-state index in [1.54, 1.807) is 12.1 Å². The minimum atomic E-state index is -0.482. The second-order valence-electron chi connectivity index (χ2n) is 7.50. The fraction of sp³-hybridized carbons (Fsp3) is 0.273. The molecule has 0 aliphatic heterocycles. The molecule has 0 unspecified atom stereocenters. The maximum atomic E-state index is 12.8. The predicted octanol–water partition coefficient (Wildman–Crippen LogP) is 5.21. The maximum Gasteiger partial charge on any atom is 0.340 e. The summed E-state index contributed by atoms with van der Waals surface area (Å²) in [4.78, 5) is 24.8. The van der Waals surface area contributed by atoms with Crippen LogP contribution in [0.5, 0.6) is 5.75 Å². The zero-order chi connectivity index (χ0) is 20.5. The summed E-state index contributed by atoms with van der Waals surface area (Å²) >= 11 is 3.51. The van der Waals surface area contributed by atoms with Gasteiger partial charge in [0, 0.05) is 11.6 Å². The van der Waals surface area contributed by atoms with Crippen molar-refractivity contribution in [1.82, 2.24) is 4.57 Å². The minimum absolute atomic E-state index is 0.0191. The van der Waals surface area contributed by atoms with Gasteiger partial charge in [0.25, 0.3) is 5.91 Å². The van der Waals surface area contributed by atoms with E-state index in [0.717, 1.165) is 10.0 Å². The lowest BCUT2D eigenvalue weighted by Gasteiger charge is -2.20. The Morgan fingerprint density at radius 2 is 1.82 bits per heavy atom. The molecule has 5 nitrogen and oxygen atoms in total. The number of methoxy groups -OCH3 is 1. The van der Waals surface area contributed by atoms with Gasteiger partial charge in [-0.15, -0.1) is 0 Å². The molecule has 0 aliphatic carbocycles. The number of hydrogen-bond donors (Lipinski definition) is 0. The molecule has 146 valence electrons. The molecular weight excluding hydrogens is 422 g/mol. The molecule has 0 saturated carbocycles. The van der Waals surface area contributed by atoms with Crippen LogP contribution in [-0.4, -0.2) is 30.2 Å². The Labute approximate surface area is 172 Å². The molecule has 1 aromatic heterocycles. The van der Waals surface area contributed by atoms with Crippen LogP contribution < -0.4 is 4.74 Å². The maximum absolute atomic E-state index is 12.8. The number of fused-ring (bicyclic) bond motifs is 1. The number of carbonyl (C=O) groups excluding carboxylic acids is 2. The number of halogens is 1. The Morgan fingerprint density at radius 1 is 1.11 bits per heavy atom. The molecule has 0 aliphatic rings. The van der Waals surface area contributed by atoms with Gasteiger partial charge in [0.2, 0.25) is 0 Å². The number of benzene rings is 2. The Balaban J connectivity index is 1.84. The van der Waals surface area contributed by atoms with E-state index in [2.05, 4.69) is 36.7 Å². The lowest BCUT2D eigenvalue weighted by molar-refractivity contribution is 0.0603. The van der Waals surface area contributed by atoms with Crippen LogP contribution >= 0.6 is 15.9 Å².